The van der Waals surface area contributed by atoms with Crippen molar-refractivity contribution >= 4 is 50.8 Å². The van der Waals surface area contributed by atoms with E-state index in [2.05, 4.69) is 189 Å². The van der Waals surface area contributed by atoms with E-state index in [9.17, 15) is 5.41 Å². The predicted molar refractivity (Wildman–Crippen MR) is 237 cm³/mol. The number of nitrogens with zero attached hydrogens (tertiary/aromatic N) is 1. The molecular formula is C54H42N2. The Morgan fingerprint density at radius 2 is 1.36 bits per heavy atom. The summed E-state index contributed by atoms with van der Waals surface area (Å²) in [5.41, 5.74) is 10.9. The monoisotopic (exact) mass is 718 g/mol. The van der Waals surface area contributed by atoms with Crippen molar-refractivity contribution in [3.8, 4) is 11.1 Å². The second-order valence-corrected chi connectivity index (χ2v) is 15.6. The number of allylic oxidation sites excluding steroid dienone is 5. The molecule has 0 saturated carbocycles. The summed E-state index contributed by atoms with van der Waals surface area (Å²) in [5.74, 6) is 1.24. The third-order valence-electron chi connectivity index (χ3n) is 11.8. The zero-order valence-corrected chi connectivity index (χ0v) is 31.5. The van der Waals surface area contributed by atoms with Gasteiger partial charge in [0.2, 0.25) is 0 Å². The molecule has 7 aromatic carbocycles. The molecule has 0 saturated heterocycles. The Morgan fingerprint density at radius 3 is 2.18 bits per heavy atom. The normalized spacial score (nSPS) is 18.6. The Balaban J connectivity index is 1.23. The van der Waals surface area contributed by atoms with Gasteiger partial charge in [-0.25, -0.2) is 4.99 Å². The van der Waals surface area contributed by atoms with Crippen LogP contribution < -0.4 is 10.4 Å². The largest absolute Gasteiger partial charge is 0.282 e. The maximum absolute atomic E-state index is 9.90. The van der Waals surface area contributed by atoms with Crippen LogP contribution in [0.5, 0.6) is 0 Å². The molecule has 0 bridgehead atoms. The molecule has 0 heterocycles. The summed E-state index contributed by atoms with van der Waals surface area (Å²) in [6.45, 7) is 2.32. The fourth-order valence-corrected chi connectivity index (χ4v) is 9.13. The second kappa shape index (κ2) is 14.2. The molecule has 0 amide bonds. The van der Waals surface area contributed by atoms with E-state index in [-0.39, 0.29) is 17.7 Å². The summed E-state index contributed by atoms with van der Waals surface area (Å²) >= 11 is 0. The average molecular weight is 719 g/mol. The van der Waals surface area contributed by atoms with Gasteiger partial charge in [0.15, 0.2) is 5.84 Å². The maximum atomic E-state index is 9.90. The van der Waals surface area contributed by atoms with Crippen LogP contribution in [0, 0.1) is 23.2 Å². The minimum Gasteiger partial charge on any atom is -0.282 e. The number of rotatable bonds is 5. The van der Waals surface area contributed by atoms with Gasteiger partial charge < -0.3 is 0 Å². The van der Waals surface area contributed by atoms with E-state index in [4.69, 9.17) is 4.99 Å². The molecule has 268 valence electrons. The minimum absolute atomic E-state index is 0.177. The number of fused-ring (bicyclic) bond motifs is 5. The quantitative estimate of drug-likeness (QED) is 0.105. The molecule has 3 atom stereocenters. The van der Waals surface area contributed by atoms with Crippen molar-refractivity contribution in [2.24, 2.45) is 22.7 Å². The SMILES string of the molecule is CC1CC=Cc2ccc(/C(=N\C(=N)c3cc(C4=c5ccccc5=CC5C=CC=CC45)cc(-c4c5ccccc5cc5ccccc45)c3)c3ccccc3)cc2C1. The zero-order valence-electron chi connectivity index (χ0n) is 31.5. The first kappa shape index (κ1) is 33.9. The Bertz CT molecular complexity index is 2900. The highest BCUT2D eigenvalue weighted by Gasteiger charge is 2.27. The van der Waals surface area contributed by atoms with Crippen LogP contribution in [0.3, 0.4) is 0 Å². The molecule has 10 rings (SSSR count). The Kier molecular flexibility index (Phi) is 8.60. The van der Waals surface area contributed by atoms with Crippen molar-refractivity contribution in [2.45, 2.75) is 19.8 Å². The van der Waals surface area contributed by atoms with Crippen LogP contribution in [0.15, 0.2) is 181 Å². The van der Waals surface area contributed by atoms with Gasteiger partial charge in [0, 0.05) is 28.5 Å². The van der Waals surface area contributed by atoms with Crippen molar-refractivity contribution in [3.05, 3.63) is 220 Å². The number of benzene rings is 7. The first-order valence-electron chi connectivity index (χ1n) is 19.8. The van der Waals surface area contributed by atoms with E-state index in [1.54, 1.807) is 0 Å². The lowest BCUT2D eigenvalue weighted by Crippen LogP contribution is -2.36. The summed E-state index contributed by atoms with van der Waals surface area (Å²) in [4.78, 5) is 5.29. The van der Waals surface area contributed by atoms with Gasteiger partial charge in [0.1, 0.15) is 0 Å². The van der Waals surface area contributed by atoms with Crippen molar-refractivity contribution in [1.29, 1.82) is 5.41 Å². The zero-order chi connectivity index (χ0) is 37.6. The van der Waals surface area contributed by atoms with Gasteiger partial charge in [0.25, 0.3) is 0 Å². The van der Waals surface area contributed by atoms with Crippen molar-refractivity contribution in [1.82, 2.24) is 0 Å². The van der Waals surface area contributed by atoms with Gasteiger partial charge in [-0.2, -0.15) is 0 Å². The van der Waals surface area contributed by atoms with Crippen molar-refractivity contribution < 1.29 is 0 Å². The van der Waals surface area contributed by atoms with Crippen LogP contribution in [-0.2, 0) is 6.42 Å². The Hall–Kier alpha value is -6.64. The third-order valence-corrected chi connectivity index (χ3v) is 11.8. The predicted octanol–water partition coefficient (Wildman–Crippen LogP) is 11.5. The molecule has 1 N–H and O–H groups in total. The number of hydrogen-bond donors (Lipinski definition) is 1. The highest BCUT2D eigenvalue weighted by molar-refractivity contribution is 6.20. The van der Waals surface area contributed by atoms with Crippen molar-refractivity contribution in [3.63, 3.8) is 0 Å². The highest BCUT2D eigenvalue weighted by atomic mass is 14.8. The van der Waals surface area contributed by atoms with Crippen LogP contribution in [0.25, 0.3) is 50.4 Å². The lowest BCUT2D eigenvalue weighted by Gasteiger charge is -2.29. The first-order valence-corrected chi connectivity index (χ1v) is 19.8. The lowest BCUT2D eigenvalue weighted by molar-refractivity contribution is 0.594. The molecule has 0 radical (unpaired) electrons. The van der Waals surface area contributed by atoms with E-state index >= 15 is 0 Å². The molecule has 2 heteroatoms. The van der Waals surface area contributed by atoms with E-state index in [0.717, 1.165) is 46.4 Å². The standard InChI is InChI=1S/C54H42N2/c1-35-14-13-21-36-26-27-42(31-43(36)28-35)53(37-15-3-2-4-16-37)56-54(55)46-33-44(51-47-22-9-5-17-38(47)29-39-18-6-10-23-48(39)51)32-45(34-46)52-49-24-11-7-19-40(49)30-41-20-8-12-25-50(41)52/h2-13,15-27,29-35,38,47,55H,14,28H2,1H3/b55-54?,56-53-. The number of nitrogens with one attached hydrogen (secondary N) is 1. The van der Waals surface area contributed by atoms with Crippen LogP contribution in [0.1, 0.15) is 46.7 Å². The topological polar surface area (TPSA) is 36.2 Å². The van der Waals surface area contributed by atoms with Gasteiger partial charge in [-0.1, -0.05) is 165 Å². The number of amidine groups is 1. The van der Waals surface area contributed by atoms with Gasteiger partial charge in [-0.3, -0.25) is 5.41 Å². The highest BCUT2D eigenvalue weighted by Crippen LogP contribution is 2.40. The smallest absolute Gasteiger partial charge is 0.152 e. The van der Waals surface area contributed by atoms with Gasteiger partial charge in [-0.05, 0) is 114 Å². The summed E-state index contributed by atoms with van der Waals surface area (Å²) in [6.07, 6.45) is 18.1. The summed E-state index contributed by atoms with van der Waals surface area (Å²) in [5, 5.41) is 17.2. The molecule has 3 aliphatic rings. The van der Waals surface area contributed by atoms with E-state index < -0.39 is 0 Å². The van der Waals surface area contributed by atoms with Gasteiger partial charge in [0.05, 0.1) is 5.71 Å². The number of hydrogen-bond acceptors (Lipinski definition) is 1. The molecule has 0 fully saturated rings. The molecule has 2 nitrogen and oxygen atoms in total. The van der Waals surface area contributed by atoms with Crippen LogP contribution in [-0.4, -0.2) is 11.5 Å². The Labute approximate surface area is 328 Å². The molecule has 0 aliphatic heterocycles. The van der Waals surface area contributed by atoms with Gasteiger partial charge >= 0.3 is 0 Å². The summed E-state index contributed by atoms with van der Waals surface area (Å²) < 4.78 is 0. The van der Waals surface area contributed by atoms with Gasteiger partial charge in [-0.15, -0.1) is 0 Å². The molecule has 0 spiro atoms. The van der Waals surface area contributed by atoms with E-state index in [1.165, 1.54) is 54.2 Å². The first-order chi connectivity index (χ1) is 27.6. The van der Waals surface area contributed by atoms with Crippen molar-refractivity contribution in [2.75, 3.05) is 0 Å². The minimum atomic E-state index is 0.177. The molecular weight excluding hydrogens is 677 g/mol. The third kappa shape index (κ3) is 6.18. The summed E-state index contributed by atoms with van der Waals surface area (Å²) in [6, 6.07) is 52.3. The number of aliphatic imine (C=N–C) groups is 1. The molecule has 3 unspecified atom stereocenters. The van der Waals surface area contributed by atoms with Crippen LogP contribution in [0.2, 0.25) is 0 Å². The maximum Gasteiger partial charge on any atom is 0.152 e. The summed E-state index contributed by atoms with van der Waals surface area (Å²) in [7, 11) is 0. The lowest BCUT2D eigenvalue weighted by atomic mass is 9.75. The Morgan fingerprint density at radius 1 is 0.643 bits per heavy atom. The average Bonchev–Trinajstić information content (AvgIpc) is 3.43. The second-order valence-electron chi connectivity index (χ2n) is 15.6. The molecule has 7 aromatic rings. The van der Waals surface area contributed by atoms with Crippen LogP contribution >= 0.6 is 0 Å². The van der Waals surface area contributed by atoms with E-state index in [1.807, 2.05) is 6.07 Å². The van der Waals surface area contributed by atoms with Crippen LogP contribution in [0.4, 0.5) is 0 Å². The molecule has 56 heavy (non-hydrogen) atoms. The molecule has 0 aromatic heterocycles. The fourth-order valence-electron chi connectivity index (χ4n) is 9.13. The molecule has 3 aliphatic carbocycles. The fraction of sp³-hybridized carbons (Fsp3) is 0.111. The van der Waals surface area contributed by atoms with E-state index in [0.29, 0.717) is 5.92 Å².